The van der Waals surface area contributed by atoms with Gasteiger partial charge < -0.3 is 4.90 Å². The van der Waals surface area contributed by atoms with Crippen LogP contribution in [0.25, 0.3) is 0 Å². The Morgan fingerprint density at radius 2 is 1.82 bits per heavy atom. The van der Waals surface area contributed by atoms with Gasteiger partial charge in [0.15, 0.2) is 0 Å². The second-order valence-corrected chi connectivity index (χ2v) is 4.83. The highest BCUT2D eigenvalue weighted by Crippen LogP contribution is 2.37. The van der Waals surface area contributed by atoms with Crippen LogP contribution in [0.5, 0.6) is 0 Å². The molecule has 1 aromatic carbocycles. The molecule has 1 heterocycles. The number of hydrogen-bond acceptors (Lipinski definition) is 2. The molecule has 0 spiro atoms. The number of amides is 1. The lowest BCUT2D eigenvalue weighted by Gasteiger charge is -2.16. The highest BCUT2D eigenvalue weighted by molar-refractivity contribution is 8.00. The van der Waals surface area contributed by atoms with E-state index in [0.29, 0.717) is 18.7 Å². The van der Waals surface area contributed by atoms with Gasteiger partial charge in [-0.05, 0) is 42.4 Å². The zero-order valence-corrected chi connectivity index (χ0v) is 9.64. The molecule has 0 atom stereocenters. The van der Waals surface area contributed by atoms with Crippen LogP contribution in [0.3, 0.4) is 0 Å². The second-order valence-electron chi connectivity index (χ2n) is 3.69. The van der Waals surface area contributed by atoms with Crippen molar-refractivity contribution < 1.29 is 18.0 Å². The van der Waals surface area contributed by atoms with Gasteiger partial charge in [-0.1, -0.05) is 0 Å². The summed E-state index contributed by atoms with van der Waals surface area (Å²) >= 11 is -0.151. The molecule has 1 fully saturated rings. The first-order chi connectivity index (χ1) is 7.96. The molecule has 1 aromatic rings. The Balaban J connectivity index is 2.10. The van der Waals surface area contributed by atoms with Gasteiger partial charge in [-0.15, -0.1) is 0 Å². The van der Waals surface area contributed by atoms with Crippen LogP contribution in [0, 0.1) is 0 Å². The van der Waals surface area contributed by atoms with E-state index in [4.69, 9.17) is 0 Å². The highest BCUT2D eigenvalue weighted by Gasteiger charge is 2.29. The maximum Gasteiger partial charge on any atom is 0.446 e. The minimum absolute atomic E-state index is 0.0289. The summed E-state index contributed by atoms with van der Waals surface area (Å²) in [6, 6.07) is 5.88. The SMILES string of the molecule is O=C1CCCN1c1ccc(SC(F)(F)F)cc1. The zero-order valence-electron chi connectivity index (χ0n) is 8.83. The number of alkyl halides is 3. The molecule has 0 N–H and O–H groups in total. The molecule has 1 amide bonds. The molecule has 1 aliphatic rings. The van der Waals surface area contributed by atoms with Gasteiger partial charge in [0.2, 0.25) is 5.91 Å². The normalized spacial score (nSPS) is 16.6. The molecule has 1 aliphatic heterocycles. The van der Waals surface area contributed by atoms with Crippen LogP contribution < -0.4 is 4.90 Å². The first-order valence-corrected chi connectivity index (χ1v) is 5.93. The van der Waals surface area contributed by atoms with E-state index in [0.717, 1.165) is 6.42 Å². The van der Waals surface area contributed by atoms with Crippen molar-refractivity contribution in [1.82, 2.24) is 0 Å². The molecule has 6 heteroatoms. The number of carbonyl (C=O) groups is 1. The summed E-state index contributed by atoms with van der Waals surface area (Å²) in [5.74, 6) is 0.0289. The largest absolute Gasteiger partial charge is 0.446 e. The Kier molecular flexibility index (Phi) is 3.33. The number of hydrogen-bond donors (Lipinski definition) is 0. The molecule has 0 saturated carbocycles. The van der Waals surface area contributed by atoms with Crippen LogP contribution in [0.4, 0.5) is 18.9 Å². The molecule has 0 aliphatic carbocycles. The lowest BCUT2D eigenvalue weighted by molar-refractivity contribution is -0.117. The predicted molar refractivity (Wildman–Crippen MR) is 59.9 cm³/mol. The van der Waals surface area contributed by atoms with E-state index in [9.17, 15) is 18.0 Å². The highest BCUT2D eigenvalue weighted by atomic mass is 32.2. The topological polar surface area (TPSA) is 20.3 Å². The van der Waals surface area contributed by atoms with Gasteiger partial charge in [0.05, 0.1) is 0 Å². The van der Waals surface area contributed by atoms with Crippen LogP contribution in [-0.4, -0.2) is 18.0 Å². The van der Waals surface area contributed by atoms with Gasteiger partial charge in [0.25, 0.3) is 0 Å². The van der Waals surface area contributed by atoms with E-state index in [1.54, 1.807) is 17.0 Å². The Labute approximate surface area is 101 Å². The van der Waals surface area contributed by atoms with Crippen LogP contribution >= 0.6 is 11.8 Å². The minimum atomic E-state index is -4.27. The fraction of sp³-hybridized carbons (Fsp3) is 0.364. The number of nitrogens with zero attached hydrogens (tertiary/aromatic N) is 1. The third-order valence-corrected chi connectivity index (χ3v) is 3.19. The van der Waals surface area contributed by atoms with E-state index >= 15 is 0 Å². The van der Waals surface area contributed by atoms with Gasteiger partial charge in [0, 0.05) is 23.5 Å². The standard InChI is InChI=1S/C11H10F3NOS/c12-11(13,14)17-9-5-3-8(4-6-9)15-7-1-2-10(15)16/h3-6H,1-2,7H2. The predicted octanol–water partition coefficient (Wildman–Crippen LogP) is 3.43. The summed E-state index contributed by atoms with van der Waals surface area (Å²) in [5.41, 5.74) is -3.61. The number of benzene rings is 1. The molecule has 1 saturated heterocycles. The fourth-order valence-electron chi connectivity index (χ4n) is 1.75. The first kappa shape index (κ1) is 12.3. The third-order valence-electron chi connectivity index (χ3n) is 2.46. The van der Waals surface area contributed by atoms with Crippen molar-refractivity contribution in [3.63, 3.8) is 0 Å². The Bertz CT molecular complexity index is 416. The van der Waals surface area contributed by atoms with E-state index in [-0.39, 0.29) is 22.6 Å². The zero-order chi connectivity index (χ0) is 12.5. The summed E-state index contributed by atoms with van der Waals surface area (Å²) in [7, 11) is 0. The number of carbonyl (C=O) groups excluding carboxylic acids is 1. The van der Waals surface area contributed by atoms with Crippen molar-refractivity contribution in [2.75, 3.05) is 11.4 Å². The van der Waals surface area contributed by atoms with Crippen molar-refractivity contribution in [2.45, 2.75) is 23.2 Å². The number of anilines is 1. The Morgan fingerprint density at radius 1 is 1.18 bits per heavy atom. The summed E-state index contributed by atoms with van der Waals surface area (Å²) in [6.45, 7) is 0.643. The Morgan fingerprint density at radius 3 is 2.29 bits per heavy atom. The third kappa shape index (κ3) is 3.15. The maximum absolute atomic E-state index is 12.1. The average Bonchev–Trinajstić information content (AvgIpc) is 2.63. The second kappa shape index (κ2) is 4.60. The van der Waals surface area contributed by atoms with E-state index < -0.39 is 5.51 Å². The molecular weight excluding hydrogens is 251 g/mol. The molecular formula is C11H10F3NOS. The molecule has 0 aromatic heterocycles. The maximum atomic E-state index is 12.1. The van der Waals surface area contributed by atoms with Gasteiger partial charge in [-0.3, -0.25) is 4.79 Å². The number of rotatable bonds is 2. The lowest BCUT2D eigenvalue weighted by Crippen LogP contribution is -2.23. The molecule has 2 rings (SSSR count). The monoisotopic (exact) mass is 261 g/mol. The van der Waals surface area contributed by atoms with Crippen LogP contribution in [0.1, 0.15) is 12.8 Å². The summed E-state index contributed by atoms with van der Waals surface area (Å²) in [4.78, 5) is 13.2. The summed E-state index contributed by atoms with van der Waals surface area (Å²) in [6.07, 6.45) is 1.32. The number of halogens is 3. The lowest BCUT2D eigenvalue weighted by atomic mass is 10.3. The molecule has 17 heavy (non-hydrogen) atoms. The van der Waals surface area contributed by atoms with Gasteiger partial charge in [-0.2, -0.15) is 13.2 Å². The fourth-order valence-corrected chi connectivity index (χ4v) is 2.29. The van der Waals surface area contributed by atoms with E-state index in [1.807, 2.05) is 0 Å². The van der Waals surface area contributed by atoms with Crippen molar-refractivity contribution in [1.29, 1.82) is 0 Å². The van der Waals surface area contributed by atoms with Gasteiger partial charge in [-0.25, -0.2) is 0 Å². The molecule has 0 unspecified atom stereocenters. The average molecular weight is 261 g/mol. The molecule has 0 bridgehead atoms. The van der Waals surface area contributed by atoms with E-state index in [1.165, 1.54) is 12.1 Å². The minimum Gasteiger partial charge on any atom is -0.312 e. The quantitative estimate of drug-likeness (QED) is 0.760. The van der Waals surface area contributed by atoms with Crippen LogP contribution in [0.15, 0.2) is 29.2 Å². The summed E-state index contributed by atoms with van der Waals surface area (Å²) < 4.78 is 36.3. The first-order valence-electron chi connectivity index (χ1n) is 5.12. The van der Waals surface area contributed by atoms with Gasteiger partial charge in [0.1, 0.15) is 0 Å². The number of thioether (sulfide) groups is 1. The van der Waals surface area contributed by atoms with Crippen LogP contribution in [-0.2, 0) is 4.79 Å². The Hall–Kier alpha value is -1.17. The van der Waals surface area contributed by atoms with Crippen molar-refractivity contribution in [3.8, 4) is 0 Å². The smallest absolute Gasteiger partial charge is 0.312 e. The van der Waals surface area contributed by atoms with Gasteiger partial charge >= 0.3 is 5.51 Å². The summed E-state index contributed by atoms with van der Waals surface area (Å²) in [5, 5.41) is 0. The molecule has 2 nitrogen and oxygen atoms in total. The molecule has 0 radical (unpaired) electrons. The van der Waals surface area contributed by atoms with E-state index in [2.05, 4.69) is 0 Å². The van der Waals surface area contributed by atoms with Crippen LogP contribution in [0.2, 0.25) is 0 Å². The van der Waals surface area contributed by atoms with Crippen molar-refractivity contribution in [2.24, 2.45) is 0 Å². The van der Waals surface area contributed by atoms with Crippen molar-refractivity contribution in [3.05, 3.63) is 24.3 Å². The molecule has 92 valence electrons. The van der Waals surface area contributed by atoms with Crippen molar-refractivity contribution >= 4 is 23.4 Å².